The fourth-order valence-electron chi connectivity index (χ4n) is 2.44. The zero-order chi connectivity index (χ0) is 16.1. The Morgan fingerprint density at radius 1 is 0.870 bits per heavy atom. The van der Waals surface area contributed by atoms with Crippen LogP contribution in [0, 0.1) is 0 Å². The number of fused-ring (bicyclic) bond motifs is 1. The molecule has 116 valence electrons. The number of rotatable bonds is 5. The van der Waals surface area contributed by atoms with Gasteiger partial charge in [-0.2, -0.15) is 0 Å². The summed E-state index contributed by atoms with van der Waals surface area (Å²) >= 11 is 0. The minimum Gasteiger partial charge on any atom is -0.507 e. The van der Waals surface area contributed by atoms with Crippen molar-refractivity contribution in [2.75, 3.05) is 18.4 Å². The lowest BCUT2D eigenvalue weighted by molar-refractivity contribution is 0.0952. The van der Waals surface area contributed by atoms with Crippen molar-refractivity contribution in [2.45, 2.75) is 0 Å². The van der Waals surface area contributed by atoms with Gasteiger partial charge in [0.2, 0.25) is 0 Å². The molecule has 4 heteroatoms. The molecule has 0 bridgehead atoms. The number of hydrogen-bond acceptors (Lipinski definition) is 3. The van der Waals surface area contributed by atoms with Gasteiger partial charge in [-0.1, -0.05) is 42.5 Å². The van der Waals surface area contributed by atoms with E-state index in [-0.39, 0.29) is 11.7 Å². The highest BCUT2D eigenvalue weighted by Crippen LogP contribution is 2.24. The van der Waals surface area contributed by atoms with Crippen molar-refractivity contribution in [3.63, 3.8) is 0 Å². The Kier molecular flexibility index (Phi) is 4.43. The first kappa shape index (κ1) is 14.9. The monoisotopic (exact) mass is 306 g/mol. The summed E-state index contributed by atoms with van der Waals surface area (Å²) in [6.07, 6.45) is 0. The number of aromatic hydroxyl groups is 1. The average molecular weight is 306 g/mol. The highest BCUT2D eigenvalue weighted by Gasteiger charge is 2.11. The van der Waals surface area contributed by atoms with Crippen LogP contribution in [0.25, 0.3) is 10.8 Å². The van der Waals surface area contributed by atoms with Crippen molar-refractivity contribution in [3.05, 3.63) is 72.3 Å². The van der Waals surface area contributed by atoms with E-state index in [2.05, 4.69) is 10.6 Å². The highest BCUT2D eigenvalue weighted by molar-refractivity contribution is 6.01. The third-order valence-corrected chi connectivity index (χ3v) is 3.62. The Balaban J connectivity index is 1.61. The van der Waals surface area contributed by atoms with E-state index in [0.29, 0.717) is 18.7 Å². The molecule has 1 amide bonds. The predicted molar refractivity (Wildman–Crippen MR) is 92.9 cm³/mol. The molecule has 3 N–H and O–H groups in total. The van der Waals surface area contributed by atoms with E-state index in [1.54, 1.807) is 12.1 Å². The molecule has 0 unspecified atom stereocenters. The standard InChI is InChI=1S/C19H18N2O2/c22-18-13-15-7-5-4-6-14(15)12-17(18)19(23)21-11-10-20-16-8-2-1-3-9-16/h1-9,12-13,20,22H,10-11H2,(H,21,23). The molecule has 0 aromatic heterocycles. The van der Waals surface area contributed by atoms with E-state index in [9.17, 15) is 9.90 Å². The molecule has 0 radical (unpaired) electrons. The fourth-order valence-corrected chi connectivity index (χ4v) is 2.44. The second kappa shape index (κ2) is 6.83. The molecule has 0 heterocycles. The van der Waals surface area contributed by atoms with Gasteiger partial charge >= 0.3 is 0 Å². The summed E-state index contributed by atoms with van der Waals surface area (Å²) < 4.78 is 0. The summed E-state index contributed by atoms with van der Waals surface area (Å²) in [7, 11) is 0. The lowest BCUT2D eigenvalue weighted by Gasteiger charge is -2.10. The molecule has 0 saturated heterocycles. The van der Waals surface area contributed by atoms with Crippen LogP contribution in [0.15, 0.2) is 66.7 Å². The van der Waals surface area contributed by atoms with Gasteiger partial charge in [0.25, 0.3) is 5.91 Å². The van der Waals surface area contributed by atoms with E-state index in [0.717, 1.165) is 16.5 Å². The van der Waals surface area contributed by atoms with Gasteiger partial charge in [-0.05, 0) is 35.0 Å². The first-order valence-electron chi connectivity index (χ1n) is 7.53. The van der Waals surface area contributed by atoms with Crippen LogP contribution in [-0.2, 0) is 0 Å². The zero-order valence-corrected chi connectivity index (χ0v) is 12.6. The summed E-state index contributed by atoms with van der Waals surface area (Å²) in [4.78, 5) is 12.2. The smallest absolute Gasteiger partial charge is 0.255 e. The van der Waals surface area contributed by atoms with Crippen molar-refractivity contribution in [2.24, 2.45) is 0 Å². The summed E-state index contributed by atoms with van der Waals surface area (Å²) in [5.74, 6) is -0.277. The van der Waals surface area contributed by atoms with Crippen LogP contribution in [-0.4, -0.2) is 24.1 Å². The van der Waals surface area contributed by atoms with E-state index < -0.39 is 0 Å². The topological polar surface area (TPSA) is 61.4 Å². The number of carbonyl (C=O) groups is 1. The van der Waals surface area contributed by atoms with Gasteiger partial charge in [-0.3, -0.25) is 4.79 Å². The maximum atomic E-state index is 12.2. The minimum atomic E-state index is -0.275. The number of anilines is 1. The Bertz CT molecular complexity index is 816. The maximum Gasteiger partial charge on any atom is 0.255 e. The summed E-state index contributed by atoms with van der Waals surface area (Å²) in [6.45, 7) is 1.09. The Labute approximate surface area is 134 Å². The van der Waals surface area contributed by atoms with Gasteiger partial charge in [0, 0.05) is 18.8 Å². The van der Waals surface area contributed by atoms with Crippen LogP contribution in [0.2, 0.25) is 0 Å². The molecule has 3 rings (SSSR count). The Hall–Kier alpha value is -3.01. The SMILES string of the molecule is O=C(NCCNc1ccccc1)c1cc2ccccc2cc1O. The van der Waals surface area contributed by atoms with Gasteiger partial charge in [0.1, 0.15) is 5.75 Å². The molecular weight excluding hydrogens is 288 g/mol. The molecule has 0 aliphatic heterocycles. The lowest BCUT2D eigenvalue weighted by atomic mass is 10.1. The second-order valence-corrected chi connectivity index (χ2v) is 5.27. The largest absolute Gasteiger partial charge is 0.507 e. The lowest BCUT2D eigenvalue weighted by Crippen LogP contribution is -2.28. The van der Waals surface area contributed by atoms with E-state index in [1.807, 2.05) is 54.6 Å². The normalized spacial score (nSPS) is 10.4. The van der Waals surface area contributed by atoms with Gasteiger partial charge in [0.15, 0.2) is 0 Å². The zero-order valence-electron chi connectivity index (χ0n) is 12.6. The summed E-state index contributed by atoms with van der Waals surface area (Å²) in [5.41, 5.74) is 1.30. The summed E-state index contributed by atoms with van der Waals surface area (Å²) in [5, 5.41) is 17.9. The van der Waals surface area contributed by atoms with Crippen LogP contribution in [0.4, 0.5) is 5.69 Å². The molecule has 3 aromatic carbocycles. The molecular formula is C19H18N2O2. The number of para-hydroxylation sites is 1. The van der Waals surface area contributed by atoms with Gasteiger partial charge in [-0.15, -0.1) is 0 Å². The first-order chi connectivity index (χ1) is 11.2. The Morgan fingerprint density at radius 3 is 2.26 bits per heavy atom. The van der Waals surface area contributed by atoms with Gasteiger partial charge in [-0.25, -0.2) is 0 Å². The number of hydrogen-bond donors (Lipinski definition) is 3. The van der Waals surface area contributed by atoms with Crippen molar-refractivity contribution in [3.8, 4) is 5.75 Å². The number of amides is 1. The number of carbonyl (C=O) groups excluding carboxylic acids is 1. The highest BCUT2D eigenvalue weighted by atomic mass is 16.3. The van der Waals surface area contributed by atoms with Crippen LogP contribution in [0.1, 0.15) is 10.4 Å². The quantitative estimate of drug-likeness (QED) is 0.633. The molecule has 23 heavy (non-hydrogen) atoms. The van der Waals surface area contributed by atoms with Crippen molar-refractivity contribution in [1.29, 1.82) is 0 Å². The van der Waals surface area contributed by atoms with Crippen LogP contribution in [0.5, 0.6) is 5.75 Å². The van der Waals surface area contributed by atoms with Gasteiger partial charge < -0.3 is 15.7 Å². The third kappa shape index (κ3) is 3.61. The van der Waals surface area contributed by atoms with E-state index in [1.165, 1.54) is 0 Å². The molecule has 0 aliphatic carbocycles. The van der Waals surface area contributed by atoms with Crippen LogP contribution in [0.3, 0.4) is 0 Å². The number of nitrogens with one attached hydrogen (secondary N) is 2. The fraction of sp³-hybridized carbons (Fsp3) is 0.105. The van der Waals surface area contributed by atoms with Gasteiger partial charge in [0.05, 0.1) is 5.56 Å². The minimum absolute atomic E-state index is 0.00258. The molecule has 0 spiro atoms. The first-order valence-corrected chi connectivity index (χ1v) is 7.53. The predicted octanol–water partition coefficient (Wildman–Crippen LogP) is 3.39. The molecule has 0 fully saturated rings. The van der Waals surface area contributed by atoms with Crippen molar-refractivity contribution >= 4 is 22.4 Å². The molecule has 0 aliphatic rings. The molecule has 4 nitrogen and oxygen atoms in total. The van der Waals surface area contributed by atoms with E-state index >= 15 is 0 Å². The van der Waals surface area contributed by atoms with E-state index in [4.69, 9.17) is 0 Å². The van der Waals surface area contributed by atoms with Crippen LogP contribution < -0.4 is 10.6 Å². The second-order valence-electron chi connectivity index (χ2n) is 5.27. The number of phenols is 1. The van der Waals surface area contributed by atoms with Crippen molar-refractivity contribution in [1.82, 2.24) is 5.32 Å². The van der Waals surface area contributed by atoms with Crippen LogP contribution >= 0.6 is 0 Å². The molecule has 0 atom stereocenters. The maximum absolute atomic E-state index is 12.2. The number of phenolic OH excluding ortho intramolecular Hbond substituents is 1. The molecule has 0 saturated carbocycles. The summed E-state index contributed by atoms with van der Waals surface area (Å²) in [6, 6.07) is 20.8. The molecule has 3 aromatic rings. The number of benzene rings is 3. The third-order valence-electron chi connectivity index (χ3n) is 3.62. The average Bonchev–Trinajstić information content (AvgIpc) is 2.59. The van der Waals surface area contributed by atoms with Crippen molar-refractivity contribution < 1.29 is 9.90 Å². The Morgan fingerprint density at radius 2 is 1.52 bits per heavy atom.